The number of amides is 1. The molecule has 0 spiro atoms. The predicted octanol–water partition coefficient (Wildman–Crippen LogP) is 1.26. The van der Waals surface area contributed by atoms with Crippen molar-refractivity contribution in [2.45, 2.75) is 26.2 Å². The van der Waals surface area contributed by atoms with Gasteiger partial charge in [0, 0.05) is 25.2 Å². The lowest BCUT2D eigenvalue weighted by molar-refractivity contribution is -0.125. The summed E-state index contributed by atoms with van der Waals surface area (Å²) in [6.45, 7) is 7.10. The Morgan fingerprint density at radius 3 is 2.53 bits per heavy atom. The van der Waals surface area contributed by atoms with Gasteiger partial charge in [0.1, 0.15) is 0 Å². The highest BCUT2D eigenvalue weighted by atomic mass is 16.2. The summed E-state index contributed by atoms with van der Waals surface area (Å²) >= 11 is 0. The highest BCUT2D eigenvalue weighted by Gasteiger charge is 2.20. The second-order valence-corrected chi connectivity index (χ2v) is 4.54. The minimum absolute atomic E-state index is 0.229. The second kappa shape index (κ2) is 4.79. The Kier molecular flexibility index (Phi) is 3.41. The first-order chi connectivity index (χ1) is 7.27. The third kappa shape index (κ3) is 2.59. The van der Waals surface area contributed by atoms with Crippen molar-refractivity contribution in [2.75, 3.05) is 32.7 Å². The molecule has 0 aromatic carbocycles. The van der Waals surface area contributed by atoms with E-state index in [1.54, 1.807) is 0 Å². The average Bonchev–Trinajstić information content (AvgIpc) is 2.59. The van der Waals surface area contributed by atoms with E-state index in [1.807, 2.05) is 17.9 Å². The summed E-state index contributed by atoms with van der Waals surface area (Å²) in [5.74, 6) is 0.229. The lowest BCUT2D eigenvalue weighted by Crippen LogP contribution is -2.38. The van der Waals surface area contributed by atoms with Crippen molar-refractivity contribution >= 4 is 5.91 Å². The number of hydrogen-bond acceptors (Lipinski definition) is 2. The molecular formula is C12H20N2O. The SMILES string of the molecule is CC1=CCN(CCN2CCCCC2)C1=O. The Hall–Kier alpha value is -0.830. The molecule has 2 rings (SSSR count). The van der Waals surface area contributed by atoms with Gasteiger partial charge in [-0.3, -0.25) is 4.79 Å². The van der Waals surface area contributed by atoms with Gasteiger partial charge in [-0.2, -0.15) is 0 Å². The maximum absolute atomic E-state index is 11.6. The number of likely N-dealkylation sites (tertiary alicyclic amines) is 1. The van der Waals surface area contributed by atoms with Crippen LogP contribution in [0.3, 0.4) is 0 Å². The topological polar surface area (TPSA) is 23.6 Å². The van der Waals surface area contributed by atoms with E-state index in [-0.39, 0.29) is 5.91 Å². The van der Waals surface area contributed by atoms with Gasteiger partial charge >= 0.3 is 0 Å². The van der Waals surface area contributed by atoms with Crippen LogP contribution in [0.15, 0.2) is 11.6 Å². The van der Waals surface area contributed by atoms with Crippen LogP contribution >= 0.6 is 0 Å². The van der Waals surface area contributed by atoms with Crippen molar-refractivity contribution < 1.29 is 4.79 Å². The first-order valence-corrected chi connectivity index (χ1v) is 5.96. The van der Waals surface area contributed by atoms with E-state index in [1.165, 1.54) is 32.4 Å². The average molecular weight is 208 g/mol. The van der Waals surface area contributed by atoms with E-state index in [4.69, 9.17) is 0 Å². The largest absolute Gasteiger partial charge is 0.334 e. The number of nitrogens with zero attached hydrogens (tertiary/aromatic N) is 2. The smallest absolute Gasteiger partial charge is 0.249 e. The monoisotopic (exact) mass is 208 g/mol. The molecule has 0 bridgehead atoms. The molecule has 0 atom stereocenters. The van der Waals surface area contributed by atoms with Gasteiger partial charge in [-0.15, -0.1) is 0 Å². The predicted molar refractivity (Wildman–Crippen MR) is 60.6 cm³/mol. The van der Waals surface area contributed by atoms with Crippen molar-refractivity contribution in [1.82, 2.24) is 9.80 Å². The molecule has 1 amide bonds. The minimum Gasteiger partial charge on any atom is -0.334 e. The summed E-state index contributed by atoms with van der Waals surface area (Å²) in [6, 6.07) is 0. The van der Waals surface area contributed by atoms with Crippen molar-refractivity contribution in [3.05, 3.63) is 11.6 Å². The highest BCUT2D eigenvalue weighted by Crippen LogP contribution is 2.12. The van der Waals surface area contributed by atoms with Crippen LogP contribution in [-0.4, -0.2) is 48.4 Å². The van der Waals surface area contributed by atoms with Crippen LogP contribution < -0.4 is 0 Å². The molecule has 0 aromatic heterocycles. The summed E-state index contributed by atoms with van der Waals surface area (Å²) in [4.78, 5) is 16.0. The molecule has 3 nitrogen and oxygen atoms in total. The van der Waals surface area contributed by atoms with Crippen LogP contribution in [0, 0.1) is 0 Å². The van der Waals surface area contributed by atoms with Gasteiger partial charge in [-0.05, 0) is 32.9 Å². The molecule has 1 saturated heterocycles. The third-order valence-corrected chi connectivity index (χ3v) is 3.38. The molecule has 1 fully saturated rings. The molecule has 0 aliphatic carbocycles. The van der Waals surface area contributed by atoms with Crippen LogP contribution in [0.5, 0.6) is 0 Å². The first-order valence-electron chi connectivity index (χ1n) is 5.96. The van der Waals surface area contributed by atoms with E-state index in [2.05, 4.69) is 4.90 Å². The molecule has 0 unspecified atom stereocenters. The number of hydrogen-bond donors (Lipinski definition) is 0. The van der Waals surface area contributed by atoms with Gasteiger partial charge in [-0.1, -0.05) is 12.5 Å². The molecule has 0 aromatic rings. The van der Waals surface area contributed by atoms with Crippen LogP contribution in [0.2, 0.25) is 0 Å². The Morgan fingerprint density at radius 2 is 1.93 bits per heavy atom. The molecule has 3 heteroatoms. The normalized spacial score (nSPS) is 23.4. The van der Waals surface area contributed by atoms with Crippen LogP contribution in [0.4, 0.5) is 0 Å². The molecule has 84 valence electrons. The fraction of sp³-hybridized carbons (Fsp3) is 0.750. The molecule has 15 heavy (non-hydrogen) atoms. The van der Waals surface area contributed by atoms with Gasteiger partial charge < -0.3 is 9.80 Å². The lowest BCUT2D eigenvalue weighted by Gasteiger charge is -2.28. The van der Waals surface area contributed by atoms with Crippen molar-refractivity contribution in [3.8, 4) is 0 Å². The Labute approximate surface area is 91.7 Å². The summed E-state index contributed by atoms with van der Waals surface area (Å²) in [5, 5.41) is 0. The number of carbonyl (C=O) groups excluding carboxylic acids is 1. The molecular weight excluding hydrogens is 188 g/mol. The number of rotatable bonds is 3. The molecule has 2 aliphatic rings. The summed E-state index contributed by atoms with van der Waals surface area (Å²) in [7, 11) is 0. The molecule has 0 radical (unpaired) electrons. The van der Waals surface area contributed by atoms with Gasteiger partial charge in [0.2, 0.25) is 5.91 Å². The Bertz CT molecular complexity index is 267. The van der Waals surface area contributed by atoms with Crippen LogP contribution in [0.1, 0.15) is 26.2 Å². The number of carbonyl (C=O) groups is 1. The van der Waals surface area contributed by atoms with E-state index in [9.17, 15) is 4.79 Å². The van der Waals surface area contributed by atoms with Crippen LogP contribution in [-0.2, 0) is 4.79 Å². The standard InChI is InChI=1S/C12H20N2O/c1-11-5-8-14(12(11)15)10-9-13-6-3-2-4-7-13/h5H,2-4,6-10H2,1H3. The summed E-state index contributed by atoms with van der Waals surface area (Å²) < 4.78 is 0. The quantitative estimate of drug-likeness (QED) is 0.697. The van der Waals surface area contributed by atoms with Crippen LogP contribution in [0.25, 0.3) is 0 Å². The number of piperidine rings is 1. The summed E-state index contributed by atoms with van der Waals surface area (Å²) in [6.07, 6.45) is 6.05. The zero-order valence-corrected chi connectivity index (χ0v) is 9.54. The Balaban J connectivity index is 1.72. The summed E-state index contributed by atoms with van der Waals surface area (Å²) in [5.41, 5.74) is 0.911. The first kappa shape index (κ1) is 10.7. The second-order valence-electron chi connectivity index (χ2n) is 4.54. The van der Waals surface area contributed by atoms with Gasteiger partial charge in [0.25, 0.3) is 0 Å². The van der Waals surface area contributed by atoms with E-state index < -0.39 is 0 Å². The molecule has 0 N–H and O–H groups in total. The minimum atomic E-state index is 0.229. The third-order valence-electron chi connectivity index (χ3n) is 3.38. The fourth-order valence-corrected chi connectivity index (χ4v) is 2.30. The zero-order valence-electron chi connectivity index (χ0n) is 9.54. The fourth-order valence-electron chi connectivity index (χ4n) is 2.30. The highest BCUT2D eigenvalue weighted by molar-refractivity contribution is 5.95. The maximum atomic E-state index is 11.6. The molecule has 2 aliphatic heterocycles. The molecule has 2 heterocycles. The van der Waals surface area contributed by atoms with Gasteiger partial charge in [0.15, 0.2) is 0 Å². The van der Waals surface area contributed by atoms with Gasteiger partial charge in [0.05, 0.1) is 0 Å². The van der Waals surface area contributed by atoms with Crippen molar-refractivity contribution in [2.24, 2.45) is 0 Å². The van der Waals surface area contributed by atoms with E-state index >= 15 is 0 Å². The molecule has 0 saturated carbocycles. The lowest BCUT2D eigenvalue weighted by atomic mass is 10.1. The zero-order chi connectivity index (χ0) is 10.7. The van der Waals surface area contributed by atoms with Crippen molar-refractivity contribution in [1.29, 1.82) is 0 Å². The van der Waals surface area contributed by atoms with E-state index in [0.717, 1.165) is 25.2 Å². The Morgan fingerprint density at radius 1 is 1.20 bits per heavy atom. The maximum Gasteiger partial charge on any atom is 0.249 e. The van der Waals surface area contributed by atoms with Gasteiger partial charge in [-0.25, -0.2) is 0 Å². The van der Waals surface area contributed by atoms with E-state index in [0.29, 0.717) is 0 Å². The van der Waals surface area contributed by atoms with Crippen molar-refractivity contribution in [3.63, 3.8) is 0 Å².